The second kappa shape index (κ2) is 4.01. The number of aliphatic hydroxyl groups is 1. The molecule has 1 atom stereocenters. The van der Waals surface area contributed by atoms with Gasteiger partial charge in [-0.1, -0.05) is 19.1 Å². The molecule has 0 radical (unpaired) electrons. The first-order chi connectivity index (χ1) is 6.79. The largest absolute Gasteiger partial charge is 0.493 e. The first kappa shape index (κ1) is 9.53. The van der Waals surface area contributed by atoms with Gasteiger partial charge in [0.05, 0.1) is 13.2 Å². The molecule has 1 saturated heterocycles. The maximum absolute atomic E-state index is 9.03. The van der Waals surface area contributed by atoms with Gasteiger partial charge in [-0.2, -0.15) is 0 Å². The van der Waals surface area contributed by atoms with Gasteiger partial charge in [-0.15, -0.1) is 0 Å². The molecule has 0 saturated carbocycles. The minimum atomic E-state index is 0.142. The number of aliphatic hydroxyl groups excluding tert-OH is 1. The highest BCUT2D eigenvalue weighted by atomic mass is 16.5. The number of hydrogen-bond donors (Lipinski definition) is 1. The van der Waals surface area contributed by atoms with Crippen molar-refractivity contribution in [2.45, 2.75) is 19.8 Å². The van der Waals surface area contributed by atoms with Gasteiger partial charge in [-0.3, -0.25) is 0 Å². The average molecular weight is 192 g/mol. The lowest BCUT2D eigenvalue weighted by molar-refractivity contribution is 0.152. The van der Waals surface area contributed by atoms with Crippen molar-refractivity contribution in [2.75, 3.05) is 13.2 Å². The van der Waals surface area contributed by atoms with Crippen molar-refractivity contribution in [2.24, 2.45) is 5.92 Å². The third kappa shape index (κ3) is 1.90. The average Bonchev–Trinajstić information content (AvgIpc) is 2.39. The van der Waals surface area contributed by atoms with E-state index in [0.717, 1.165) is 30.8 Å². The van der Waals surface area contributed by atoms with Gasteiger partial charge in [0.25, 0.3) is 0 Å². The SMILES string of the molecule is CC1COC2=CC=C(CO)CC=C2C1. The zero-order valence-corrected chi connectivity index (χ0v) is 8.49. The monoisotopic (exact) mass is 192 g/mol. The molecule has 0 spiro atoms. The van der Waals surface area contributed by atoms with E-state index in [1.807, 2.05) is 12.2 Å². The molecule has 1 fully saturated rings. The molecule has 0 aromatic carbocycles. The van der Waals surface area contributed by atoms with E-state index in [0.29, 0.717) is 5.92 Å². The van der Waals surface area contributed by atoms with Gasteiger partial charge < -0.3 is 9.84 Å². The minimum Gasteiger partial charge on any atom is -0.493 e. The summed E-state index contributed by atoms with van der Waals surface area (Å²) in [5.41, 5.74) is 2.35. The number of hydrogen-bond acceptors (Lipinski definition) is 2. The maximum atomic E-state index is 9.03. The fraction of sp³-hybridized carbons (Fsp3) is 0.500. The molecular weight excluding hydrogens is 176 g/mol. The summed E-state index contributed by atoms with van der Waals surface area (Å²) in [6, 6.07) is 0. The first-order valence-electron chi connectivity index (χ1n) is 5.12. The molecule has 1 N–H and O–H groups in total. The molecule has 2 aliphatic rings. The summed E-state index contributed by atoms with van der Waals surface area (Å²) in [7, 11) is 0. The van der Waals surface area contributed by atoms with E-state index in [4.69, 9.17) is 9.84 Å². The van der Waals surface area contributed by atoms with Crippen molar-refractivity contribution < 1.29 is 9.84 Å². The molecule has 0 amide bonds. The molecule has 0 aromatic rings. The summed E-state index contributed by atoms with van der Waals surface area (Å²) < 4.78 is 5.63. The topological polar surface area (TPSA) is 29.5 Å². The van der Waals surface area contributed by atoms with Crippen LogP contribution in [0.3, 0.4) is 0 Å². The highest BCUT2D eigenvalue weighted by Crippen LogP contribution is 2.29. The van der Waals surface area contributed by atoms with Crippen LogP contribution in [-0.2, 0) is 4.74 Å². The van der Waals surface area contributed by atoms with Crippen molar-refractivity contribution in [1.82, 2.24) is 0 Å². The Morgan fingerprint density at radius 2 is 2.36 bits per heavy atom. The van der Waals surface area contributed by atoms with Crippen LogP contribution in [0.25, 0.3) is 0 Å². The quantitative estimate of drug-likeness (QED) is 0.690. The fourth-order valence-electron chi connectivity index (χ4n) is 1.83. The van der Waals surface area contributed by atoms with E-state index in [2.05, 4.69) is 13.0 Å². The summed E-state index contributed by atoms with van der Waals surface area (Å²) >= 11 is 0. The summed E-state index contributed by atoms with van der Waals surface area (Å²) in [6.45, 7) is 3.15. The van der Waals surface area contributed by atoms with Gasteiger partial charge in [-0.05, 0) is 36.0 Å². The van der Waals surface area contributed by atoms with Crippen molar-refractivity contribution in [3.63, 3.8) is 0 Å². The third-order valence-corrected chi connectivity index (χ3v) is 2.69. The van der Waals surface area contributed by atoms with Gasteiger partial charge in [-0.25, -0.2) is 0 Å². The molecule has 1 aliphatic carbocycles. The molecule has 14 heavy (non-hydrogen) atoms. The third-order valence-electron chi connectivity index (χ3n) is 2.69. The lowest BCUT2D eigenvalue weighted by Crippen LogP contribution is -2.15. The van der Waals surface area contributed by atoms with Crippen LogP contribution in [0.2, 0.25) is 0 Å². The molecular formula is C12H16O2. The van der Waals surface area contributed by atoms with E-state index < -0.39 is 0 Å². The van der Waals surface area contributed by atoms with Crippen molar-refractivity contribution in [3.8, 4) is 0 Å². The number of rotatable bonds is 1. The molecule has 1 aliphatic heterocycles. The lowest BCUT2D eigenvalue weighted by Gasteiger charge is -2.24. The van der Waals surface area contributed by atoms with Crippen LogP contribution in [-0.4, -0.2) is 18.3 Å². The van der Waals surface area contributed by atoms with Crippen LogP contribution >= 0.6 is 0 Å². The molecule has 0 bridgehead atoms. The second-order valence-corrected chi connectivity index (χ2v) is 4.07. The predicted molar refractivity (Wildman–Crippen MR) is 55.7 cm³/mol. The Hall–Kier alpha value is -1.02. The van der Waals surface area contributed by atoms with Gasteiger partial charge in [0, 0.05) is 0 Å². The summed E-state index contributed by atoms with van der Waals surface area (Å²) in [5.74, 6) is 1.60. The summed E-state index contributed by atoms with van der Waals surface area (Å²) in [4.78, 5) is 0. The minimum absolute atomic E-state index is 0.142. The second-order valence-electron chi connectivity index (χ2n) is 4.07. The highest BCUT2D eigenvalue weighted by Gasteiger charge is 2.19. The van der Waals surface area contributed by atoms with Crippen LogP contribution in [0.1, 0.15) is 19.8 Å². The zero-order valence-electron chi connectivity index (χ0n) is 8.49. The molecule has 2 nitrogen and oxygen atoms in total. The number of allylic oxidation sites excluding steroid dienone is 4. The number of ether oxygens (including phenoxy) is 1. The fourth-order valence-corrected chi connectivity index (χ4v) is 1.83. The van der Waals surface area contributed by atoms with Gasteiger partial charge in [0.15, 0.2) is 0 Å². The Kier molecular flexibility index (Phi) is 2.73. The Labute approximate surface area is 84.6 Å². The normalized spacial score (nSPS) is 26.4. The summed E-state index contributed by atoms with van der Waals surface area (Å²) in [5, 5.41) is 9.03. The van der Waals surface area contributed by atoms with Gasteiger partial charge >= 0.3 is 0 Å². The Balaban J connectivity index is 2.20. The lowest BCUT2D eigenvalue weighted by atomic mass is 9.97. The predicted octanol–water partition coefficient (Wildman–Crippen LogP) is 2.18. The van der Waals surface area contributed by atoms with Gasteiger partial charge in [0.2, 0.25) is 0 Å². The molecule has 2 rings (SSSR count). The van der Waals surface area contributed by atoms with Crippen LogP contribution in [0.5, 0.6) is 0 Å². The van der Waals surface area contributed by atoms with Crippen LogP contribution in [0, 0.1) is 5.92 Å². The maximum Gasteiger partial charge on any atom is 0.122 e. The number of fused-ring (bicyclic) bond motifs is 1. The first-order valence-corrected chi connectivity index (χ1v) is 5.12. The van der Waals surface area contributed by atoms with Crippen molar-refractivity contribution in [1.29, 1.82) is 0 Å². The van der Waals surface area contributed by atoms with Crippen LogP contribution in [0.4, 0.5) is 0 Å². The van der Waals surface area contributed by atoms with E-state index >= 15 is 0 Å². The Morgan fingerprint density at radius 1 is 1.50 bits per heavy atom. The van der Waals surface area contributed by atoms with Crippen molar-refractivity contribution in [3.05, 3.63) is 35.1 Å². The smallest absolute Gasteiger partial charge is 0.122 e. The van der Waals surface area contributed by atoms with E-state index in [1.54, 1.807) is 0 Å². The Bertz CT molecular complexity index is 310. The highest BCUT2D eigenvalue weighted by molar-refractivity contribution is 5.36. The van der Waals surface area contributed by atoms with Gasteiger partial charge in [0.1, 0.15) is 5.76 Å². The summed E-state index contributed by atoms with van der Waals surface area (Å²) in [6.07, 6.45) is 8.07. The van der Waals surface area contributed by atoms with E-state index in [9.17, 15) is 0 Å². The van der Waals surface area contributed by atoms with Crippen LogP contribution in [0.15, 0.2) is 35.1 Å². The van der Waals surface area contributed by atoms with E-state index in [1.165, 1.54) is 5.57 Å². The van der Waals surface area contributed by atoms with Crippen LogP contribution < -0.4 is 0 Å². The molecule has 0 aromatic heterocycles. The molecule has 1 heterocycles. The standard InChI is InChI=1S/C12H16O2/c1-9-6-11-4-2-10(7-13)3-5-12(11)14-8-9/h3-5,9,13H,2,6-8H2,1H3. The van der Waals surface area contributed by atoms with E-state index in [-0.39, 0.29) is 6.61 Å². The molecule has 76 valence electrons. The van der Waals surface area contributed by atoms with Crippen molar-refractivity contribution >= 4 is 0 Å². The zero-order chi connectivity index (χ0) is 9.97. The Morgan fingerprint density at radius 3 is 3.14 bits per heavy atom. The molecule has 2 heteroatoms. The molecule has 1 unspecified atom stereocenters.